The van der Waals surface area contributed by atoms with E-state index in [2.05, 4.69) is 39.6 Å². The molecule has 0 aromatic carbocycles. The Morgan fingerprint density at radius 3 is 2.59 bits per heavy atom. The summed E-state index contributed by atoms with van der Waals surface area (Å²) in [6.45, 7) is 11.7. The Balaban J connectivity index is 2.33. The van der Waals surface area contributed by atoms with E-state index < -0.39 is 8.07 Å². The van der Waals surface area contributed by atoms with E-state index in [9.17, 15) is 4.79 Å². The average molecular weight is 248 g/mol. The van der Waals surface area contributed by atoms with Gasteiger partial charge in [-0.05, 0) is 35.9 Å². The fourth-order valence-electron chi connectivity index (χ4n) is 2.60. The zero-order valence-electron chi connectivity index (χ0n) is 11.8. The lowest BCUT2D eigenvalue weighted by Crippen LogP contribution is -2.36. The van der Waals surface area contributed by atoms with E-state index in [4.69, 9.17) is 0 Å². The smallest absolute Gasteiger partial charge is 0.181 e. The maximum Gasteiger partial charge on any atom is 0.181 e. The van der Waals surface area contributed by atoms with Crippen molar-refractivity contribution in [2.24, 2.45) is 5.92 Å². The first-order chi connectivity index (χ1) is 7.72. The Morgan fingerprint density at radius 2 is 2.00 bits per heavy atom. The highest BCUT2D eigenvalue weighted by atomic mass is 28.3. The van der Waals surface area contributed by atoms with Gasteiger partial charge in [-0.3, -0.25) is 4.79 Å². The number of allylic oxidation sites excluding steroid dienone is 3. The number of hydrogen-bond donors (Lipinski definition) is 0. The maximum atomic E-state index is 12.1. The molecular weight excluding hydrogens is 224 g/mol. The molecule has 0 aliphatic heterocycles. The maximum absolute atomic E-state index is 12.1. The standard InChI is InChI=1S/C15H24OSi/c1-15(2,3)17(4,5)10-13-12-8-6-7-11(12)9-14(13)16/h9-10,12H,6-8H2,1-5H3/b13-10-. The first kappa shape index (κ1) is 12.8. The molecule has 2 rings (SSSR count). The Kier molecular flexibility index (Phi) is 2.97. The van der Waals surface area contributed by atoms with Crippen molar-refractivity contribution in [1.29, 1.82) is 0 Å². The molecule has 17 heavy (non-hydrogen) atoms. The molecule has 2 aliphatic carbocycles. The second-order valence-corrected chi connectivity index (χ2v) is 12.3. The molecule has 2 heteroatoms. The predicted octanol–water partition coefficient (Wildman–Crippen LogP) is 4.27. The van der Waals surface area contributed by atoms with Gasteiger partial charge in [-0.25, -0.2) is 0 Å². The van der Waals surface area contributed by atoms with Crippen molar-refractivity contribution in [3.05, 3.63) is 22.9 Å². The monoisotopic (exact) mass is 248 g/mol. The Labute approximate surface area is 106 Å². The van der Waals surface area contributed by atoms with Crippen molar-refractivity contribution in [2.45, 2.75) is 58.2 Å². The fourth-order valence-corrected chi connectivity index (χ4v) is 4.15. The van der Waals surface area contributed by atoms with Crippen LogP contribution in [0.1, 0.15) is 40.0 Å². The molecule has 1 fully saturated rings. The lowest BCUT2D eigenvalue weighted by Gasteiger charge is -2.35. The van der Waals surface area contributed by atoms with Gasteiger partial charge in [0.25, 0.3) is 0 Å². The highest BCUT2D eigenvalue weighted by Gasteiger charge is 2.39. The molecule has 0 spiro atoms. The average Bonchev–Trinajstić information content (AvgIpc) is 2.68. The van der Waals surface area contributed by atoms with Crippen LogP contribution in [0.5, 0.6) is 0 Å². The van der Waals surface area contributed by atoms with Gasteiger partial charge in [0.1, 0.15) is 0 Å². The lowest BCUT2D eigenvalue weighted by molar-refractivity contribution is -0.111. The molecule has 0 amide bonds. The second kappa shape index (κ2) is 3.94. The van der Waals surface area contributed by atoms with Crippen LogP contribution >= 0.6 is 0 Å². The van der Waals surface area contributed by atoms with Gasteiger partial charge in [0, 0.05) is 5.92 Å². The Hall–Kier alpha value is -0.633. The summed E-state index contributed by atoms with van der Waals surface area (Å²) >= 11 is 0. The van der Waals surface area contributed by atoms with Gasteiger partial charge in [0.2, 0.25) is 0 Å². The SMILES string of the molecule is CC(C)(C)[Si](C)(C)/C=C1\C(=O)C=C2CCCC21. The van der Waals surface area contributed by atoms with E-state index in [1.165, 1.54) is 18.4 Å². The van der Waals surface area contributed by atoms with E-state index in [1.807, 2.05) is 6.08 Å². The predicted molar refractivity (Wildman–Crippen MR) is 75.7 cm³/mol. The summed E-state index contributed by atoms with van der Waals surface area (Å²) in [5.74, 6) is 0.783. The Morgan fingerprint density at radius 1 is 1.35 bits per heavy atom. The topological polar surface area (TPSA) is 17.1 Å². The quantitative estimate of drug-likeness (QED) is 0.500. The number of carbonyl (C=O) groups excluding carboxylic acids is 1. The van der Waals surface area contributed by atoms with E-state index in [-0.39, 0.29) is 0 Å². The van der Waals surface area contributed by atoms with Gasteiger partial charge < -0.3 is 0 Å². The zero-order chi connectivity index (χ0) is 12.8. The molecule has 0 N–H and O–H groups in total. The largest absolute Gasteiger partial charge is 0.290 e. The Bertz CT molecular complexity index is 407. The zero-order valence-corrected chi connectivity index (χ0v) is 12.8. The molecule has 1 atom stereocenters. The van der Waals surface area contributed by atoms with Crippen molar-refractivity contribution >= 4 is 13.9 Å². The molecule has 0 radical (unpaired) electrons. The summed E-state index contributed by atoms with van der Waals surface area (Å²) in [4.78, 5) is 12.1. The molecule has 1 unspecified atom stereocenters. The van der Waals surface area contributed by atoms with Crippen molar-refractivity contribution < 1.29 is 4.79 Å². The number of ketones is 1. The summed E-state index contributed by atoms with van der Waals surface area (Å²) < 4.78 is 0. The molecule has 2 aliphatic rings. The third-order valence-electron chi connectivity index (χ3n) is 4.83. The highest BCUT2D eigenvalue weighted by molar-refractivity contribution is 6.85. The summed E-state index contributed by atoms with van der Waals surface area (Å²) in [7, 11) is -1.49. The first-order valence-corrected chi connectivity index (χ1v) is 9.78. The minimum Gasteiger partial charge on any atom is -0.290 e. The van der Waals surface area contributed by atoms with E-state index in [0.29, 0.717) is 16.7 Å². The third kappa shape index (κ3) is 2.20. The highest BCUT2D eigenvalue weighted by Crippen LogP contribution is 2.44. The van der Waals surface area contributed by atoms with Crippen LogP contribution < -0.4 is 0 Å². The van der Waals surface area contributed by atoms with Crippen molar-refractivity contribution in [3.8, 4) is 0 Å². The molecule has 1 saturated carbocycles. The van der Waals surface area contributed by atoms with Gasteiger partial charge in [0.05, 0.1) is 8.07 Å². The van der Waals surface area contributed by atoms with Crippen LogP contribution in [-0.4, -0.2) is 13.9 Å². The van der Waals surface area contributed by atoms with Crippen LogP contribution in [0.3, 0.4) is 0 Å². The van der Waals surface area contributed by atoms with Crippen molar-refractivity contribution in [1.82, 2.24) is 0 Å². The summed E-state index contributed by atoms with van der Waals surface area (Å²) in [6.07, 6.45) is 5.51. The van der Waals surface area contributed by atoms with Crippen LogP contribution in [-0.2, 0) is 4.79 Å². The van der Waals surface area contributed by atoms with Crippen LogP contribution in [0.4, 0.5) is 0 Å². The van der Waals surface area contributed by atoms with E-state index >= 15 is 0 Å². The summed E-state index contributed by atoms with van der Waals surface area (Å²) in [5, 5.41) is 0.321. The van der Waals surface area contributed by atoms with Gasteiger partial charge in [-0.2, -0.15) is 0 Å². The molecule has 0 bridgehead atoms. The molecule has 0 aromatic rings. The van der Waals surface area contributed by atoms with Crippen molar-refractivity contribution in [2.75, 3.05) is 0 Å². The van der Waals surface area contributed by atoms with Gasteiger partial charge >= 0.3 is 0 Å². The number of rotatable bonds is 1. The van der Waals surface area contributed by atoms with Crippen LogP contribution in [0.15, 0.2) is 22.9 Å². The van der Waals surface area contributed by atoms with Gasteiger partial charge in [-0.1, -0.05) is 45.1 Å². The van der Waals surface area contributed by atoms with E-state index in [1.54, 1.807) is 0 Å². The van der Waals surface area contributed by atoms with Crippen LogP contribution in [0.25, 0.3) is 0 Å². The minimum absolute atomic E-state index is 0.300. The van der Waals surface area contributed by atoms with E-state index in [0.717, 1.165) is 12.0 Å². The normalized spacial score (nSPS) is 27.6. The molecule has 0 heterocycles. The molecular formula is C15H24OSi. The van der Waals surface area contributed by atoms with Crippen LogP contribution in [0.2, 0.25) is 18.1 Å². The number of carbonyl (C=O) groups is 1. The number of hydrogen-bond acceptors (Lipinski definition) is 1. The summed E-state index contributed by atoms with van der Waals surface area (Å²) in [6, 6.07) is 0. The lowest BCUT2D eigenvalue weighted by atomic mass is 10.0. The minimum atomic E-state index is -1.49. The second-order valence-electron chi connectivity index (χ2n) is 7.10. The molecule has 94 valence electrons. The third-order valence-corrected chi connectivity index (χ3v) is 9.73. The number of fused-ring (bicyclic) bond motifs is 1. The molecule has 0 saturated heterocycles. The van der Waals surface area contributed by atoms with Gasteiger partial charge in [-0.15, -0.1) is 0 Å². The molecule has 1 nitrogen and oxygen atoms in total. The summed E-state index contributed by atoms with van der Waals surface area (Å²) in [5.41, 5.74) is 4.92. The van der Waals surface area contributed by atoms with Crippen molar-refractivity contribution in [3.63, 3.8) is 0 Å². The first-order valence-electron chi connectivity index (χ1n) is 6.70. The molecule has 0 aromatic heterocycles. The van der Waals surface area contributed by atoms with Crippen LogP contribution in [0, 0.1) is 5.92 Å². The van der Waals surface area contributed by atoms with Gasteiger partial charge in [0.15, 0.2) is 5.78 Å². The fraction of sp³-hybridized carbons (Fsp3) is 0.667.